The van der Waals surface area contributed by atoms with Crippen LogP contribution < -0.4 is 21.7 Å². The zero-order chi connectivity index (χ0) is 10.3. The summed E-state index contributed by atoms with van der Waals surface area (Å²) in [6.07, 6.45) is 0. The fourth-order valence-corrected chi connectivity index (χ4v) is 1.33. The fraction of sp³-hybridized carbons (Fsp3) is 0. The van der Waals surface area contributed by atoms with Gasteiger partial charge in [0.15, 0.2) is 0 Å². The van der Waals surface area contributed by atoms with Crippen LogP contribution in [0.4, 0.5) is 0 Å². The van der Waals surface area contributed by atoms with Crippen LogP contribution in [0.25, 0.3) is 10.8 Å². The maximum absolute atomic E-state index is 11.2. The van der Waals surface area contributed by atoms with Gasteiger partial charge < -0.3 is 0 Å². The van der Waals surface area contributed by atoms with Crippen LogP contribution in [0.2, 0.25) is 0 Å². The number of rotatable bonds is 0. The molecule has 0 fully saturated rings. The quantitative estimate of drug-likeness (QED) is 0.505. The molecular formula is C10H4O4. The summed E-state index contributed by atoms with van der Waals surface area (Å²) in [5.41, 5.74) is -4.28. The van der Waals surface area contributed by atoms with Gasteiger partial charge in [-0.1, -0.05) is 24.3 Å². The van der Waals surface area contributed by atoms with Crippen molar-refractivity contribution in [1.29, 1.82) is 0 Å². The van der Waals surface area contributed by atoms with Crippen molar-refractivity contribution >= 4 is 10.8 Å². The molecule has 2 rings (SSSR count). The average Bonchev–Trinajstić information content (AvgIpc) is 2.23. The molecule has 0 bridgehead atoms. The van der Waals surface area contributed by atoms with Crippen molar-refractivity contribution < 1.29 is 0 Å². The highest BCUT2D eigenvalue weighted by Crippen LogP contribution is 2.00. The minimum atomic E-state index is -1.24. The molecule has 2 aromatic carbocycles. The molecule has 0 aliphatic rings. The fourth-order valence-electron chi connectivity index (χ4n) is 1.33. The Bertz CT molecular complexity index is 643. The monoisotopic (exact) mass is 188 g/mol. The molecule has 0 heterocycles. The van der Waals surface area contributed by atoms with Crippen molar-refractivity contribution in [3.63, 3.8) is 0 Å². The molecule has 0 saturated heterocycles. The average molecular weight is 188 g/mol. The van der Waals surface area contributed by atoms with Crippen molar-refractivity contribution in [2.24, 2.45) is 0 Å². The second kappa shape index (κ2) is 2.70. The van der Waals surface area contributed by atoms with Gasteiger partial charge in [-0.05, 0) is 0 Å². The van der Waals surface area contributed by atoms with E-state index in [4.69, 9.17) is 0 Å². The normalized spacial score (nSPS) is 10.6. The van der Waals surface area contributed by atoms with Crippen molar-refractivity contribution in [1.82, 2.24) is 0 Å². The highest BCUT2D eigenvalue weighted by molar-refractivity contribution is 5.81. The van der Waals surface area contributed by atoms with Gasteiger partial charge in [0.05, 0.1) is 0 Å². The minimum Gasteiger partial charge on any atom is -0.285 e. The van der Waals surface area contributed by atoms with E-state index in [1.165, 1.54) is 24.3 Å². The Morgan fingerprint density at radius 3 is 1.29 bits per heavy atom. The van der Waals surface area contributed by atoms with Crippen molar-refractivity contribution in [2.75, 3.05) is 0 Å². The molecule has 14 heavy (non-hydrogen) atoms. The van der Waals surface area contributed by atoms with Crippen LogP contribution in [-0.4, -0.2) is 0 Å². The largest absolute Gasteiger partial charge is 0.285 e. The molecule has 0 spiro atoms. The summed E-state index contributed by atoms with van der Waals surface area (Å²) in [7, 11) is 0. The topological polar surface area (TPSA) is 68.3 Å². The van der Waals surface area contributed by atoms with Crippen molar-refractivity contribution in [2.45, 2.75) is 0 Å². The van der Waals surface area contributed by atoms with E-state index in [1.807, 2.05) is 0 Å². The van der Waals surface area contributed by atoms with Crippen LogP contribution in [0.1, 0.15) is 0 Å². The third-order valence-corrected chi connectivity index (χ3v) is 2.04. The highest BCUT2D eigenvalue weighted by atomic mass is 16.2. The summed E-state index contributed by atoms with van der Waals surface area (Å²) in [4.78, 5) is 44.5. The molecule has 0 aliphatic heterocycles. The Balaban J connectivity index is 3.38. The van der Waals surface area contributed by atoms with Gasteiger partial charge in [-0.15, -0.1) is 0 Å². The predicted octanol–water partition coefficient (Wildman–Crippen LogP) is -0.844. The number of benzene rings is 2. The standard InChI is InChI=1S/C10H4O4/c11-7-5-3-1-2-4-6(5)8(12)10(14)9(7)13/h1-4H. The van der Waals surface area contributed by atoms with Gasteiger partial charge in [-0.3, -0.25) is 19.2 Å². The van der Waals surface area contributed by atoms with Gasteiger partial charge in [-0.25, -0.2) is 0 Å². The van der Waals surface area contributed by atoms with Gasteiger partial charge in [0.1, 0.15) is 0 Å². The molecule has 0 amide bonds. The van der Waals surface area contributed by atoms with E-state index >= 15 is 0 Å². The van der Waals surface area contributed by atoms with E-state index in [0.717, 1.165) is 0 Å². The van der Waals surface area contributed by atoms with E-state index in [-0.39, 0.29) is 10.8 Å². The molecule has 0 unspecified atom stereocenters. The Hall–Kier alpha value is -2.10. The van der Waals surface area contributed by atoms with Gasteiger partial charge >= 0.3 is 0 Å². The summed E-state index contributed by atoms with van der Waals surface area (Å²) >= 11 is 0. The van der Waals surface area contributed by atoms with Crippen LogP contribution in [0.5, 0.6) is 0 Å². The first-order chi connectivity index (χ1) is 6.63. The number of fused-ring (bicyclic) bond motifs is 1. The molecule has 0 N–H and O–H groups in total. The van der Waals surface area contributed by atoms with Crippen LogP contribution in [0, 0.1) is 0 Å². The van der Waals surface area contributed by atoms with Crippen LogP contribution >= 0.6 is 0 Å². The molecule has 68 valence electrons. The lowest BCUT2D eigenvalue weighted by Gasteiger charge is -1.90. The number of hydrogen-bond acceptors (Lipinski definition) is 4. The molecule has 0 radical (unpaired) electrons. The summed E-state index contributed by atoms with van der Waals surface area (Å²) < 4.78 is 0. The van der Waals surface area contributed by atoms with Crippen LogP contribution in [0.3, 0.4) is 0 Å². The predicted molar refractivity (Wildman–Crippen MR) is 51.4 cm³/mol. The second-order valence-corrected chi connectivity index (χ2v) is 2.86. The van der Waals surface area contributed by atoms with E-state index < -0.39 is 21.7 Å². The van der Waals surface area contributed by atoms with Crippen molar-refractivity contribution in [3.8, 4) is 0 Å². The van der Waals surface area contributed by atoms with Crippen LogP contribution in [0.15, 0.2) is 43.4 Å². The number of hydrogen-bond donors (Lipinski definition) is 0. The molecule has 0 saturated carbocycles. The van der Waals surface area contributed by atoms with E-state index in [9.17, 15) is 19.2 Å². The van der Waals surface area contributed by atoms with Crippen molar-refractivity contribution in [3.05, 3.63) is 65.2 Å². The first-order valence-electron chi connectivity index (χ1n) is 3.89. The van der Waals surface area contributed by atoms with Crippen LogP contribution in [-0.2, 0) is 0 Å². The van der Waals surface area contributed by atoms with Gasteiger partial charge in [0.2, 0.25) is 10.9 Å². The lowest BCUT2D eigenvalue weighted by Crippen LogP contribution is -2.46. The third kappa shape index (κ3) is 0.939. The lowest BCUT2D eigenvalue weighted by atomic mass is 10.1. The smallest absolute Gasteiger partial charge is 0.277 e. The lowest BCUT2D eigenvalue weighted by molar-refractivity contribution is 1.40. The molecular weight excluding hydrogens is 184 g/mol. The van der Waals surface area contributed by atoms with Gasteiger partial charge in [0, 0.05) is 10.8 Å². The van der Waals surface area contributed by atoms with Gasteiger partial charge in [0.25, 0.3) is 10.9 Å². The summed E-state index contributed by atoms with van der Waals surface area (Å²) in [6.45, 7) is 0. The molecule has 2 aromatic rings. The van der Waals surface area contributed by atoms with E-state index in [0.29, 0.717) is 0 Å². The Morgan fingerprint density at radius 2 is 0.929 bits per heavy atom. The Kier molecular flexibility index (Phi) is 1.64. The molecule has 4 nitrogen and oxygen atoms in total. The highest BCUT2D eigenvalue weighted by Gasteiger charge is 2.10. The third-order valence-electron chi connectivity index (χ3n) is 2.04. The zero-order valence-corrected chi connectivity index (χ0v) is 6.94. The maximum atomic E-state index is 11.2. The van der Waals surface area contributed by atoms with E-state index in [1.54, 1.807) is 0 Å². The van der Waals surface area contributed by atoms with E-state index in [2.05, 4.69) is 0 Å². The second-order valence-electron chi connectivity index (χ2n) is 2.86. The molecule has 0 atom stereocenters. The summed E-state index contributed by atoms with van der Waals surface area (Å²) in [5, 5.41) is 0.0317. The first kappa shape index (κ1) is 8.50. The summed E-state index contributed by atoms with van der Waals surface area (Å²) in [6, 6.07) is 5.79. The summed E-state index contributed by atoms with van der Waals surface area (Å²) in [5.74, 6) is 0. The zero-order valence-electron chi connectivity index (χ0n) is 6.94. The van der Waals surface area contributed by atoms with Gasteiger partial charge in [-0.2, -0.15) is 0 Å². The molecule has 0 aromatic heterocycles. The maximum Gasteiger partial charge on any atom is 0.277 e. The SMILES string of the molecule is O=c1c(=O)c(=O)c2ccccc2c1=O. The molecule has 4 heteroatoms. The minimum absolute atomic E-state index is 0.0158. The Labute approximate surface area is 76.8 Å². The first-order valence-corrected chi connectivity index (χ1v) is 3.89. The molecule has 0 aliphatic carbocycles. The Morgan fingerprint density at radius 1 is 0.571 bits per heavy atom.